The summed E-state index contributed by atoms with van der Waals surface area (Å²) in [5.74, 6) is -1.87. The van der Waals surface area contributed by atoms with Gasteiger partial charge < -0.3 is 21.5 Å². The van der Waals surface area contributed by atoms with Gasteiger partial charge >= 0.3 is 5.97 Å². The van der Waals surface area contributed by atoms with Crippen LogP contribution in [0.4, 0.5) is 0 Å². The van der Waals surface area contributed by atoms with E-state index >= 15 is 0 Å². The second kappa shape index (κ2) is 12.2. The molecule has 0 spiro atoms. The van der Waals surface area contributed by atoms with Crippen LogP contribution < -0.4 is 16.2 Å². The molecule has 1 unspecified atom stereocenters. The van der Waals surface area contributed by atoms with Crippen molar-refractivity contribution in [3.05, 3.63) is 42.5 Å². The van der Waals surface area contributed by atoms with E-state index in [9.17, 15) is 23.1 Å². The van der Waals surface area contributed by atoms with Crippen molar-refractivity contribution in [2.24, 2.45) is 16.5 Å². The fourth-order valence-corrected chi connectivity index (χ4v) is 4.58. The van der Waals surface area contributed by atoms with E-state index in [0.717, 1.165) is 17.2 Å². The Morgan fingerprint density at radius 3 is 2.45 bits per heavy atom. The van der Waals surface area contributed by atoms with Gasteiger partial charge in [0.05, 0.1) is 4.90 Å². The van der Waals surface area contributed by atoms with Crippen LogP contribution in [0.3, 0.4) is 0 Å². The Labute approximate surface area is 193 Å². The molecule has 2 aromatic rings. The first kappa shape index (κ1) is 26.1. The molecule has 0 aliphatic rings. The van der Waals surface area contributed by atoms with Crippen LogP contribution in [0.2, 0.25) is 0 Å². The number of fused-ring (bicyclic) bond motifs is 1. The van der Waals surface area contributed by atoms with E-state index in [0.29, 0.717) is 12.8 Å². The average Bonchev–Trinajstić information content (AvgIpc) is 2.77. The van der Waals surface area contributed by atoms with Crippen LogP contribution >= 0.6 is 0 Å². The van der Waals surface area contributed by atoms with Gasteiger partial charge in [-0.25, -0.2) is 8.42 Å². The van der Waals surface area contributed by atoms with E-state index < -0.39 is 34.5 Å². The fourth-order valence-electron chi connectivity index (χ4n) is 3.33. The second-order valence-electron chi connectivity index (χ2n) is 7.64. The Kier molecular flexibility index (Phi) is 9.61. The molecule has 6 N–H and O–H groups in total. The zero-order valence-corrected chi connectivity index (χ0v) is 19.4. The van der Waals surface area contributed by atoms with Crippen LogP contribution in [-0.4, -0.2) is 61.9 Å². The summed E-state index contributed by atoms with van der Waals surface area (Å²) in [6.07, 6.45) is 1.77. The van der Waals surface area contributed by atoms with Crippen LogP contribution in [0.25, 0.3) is 10.8 Å². The lowest BCUT2D eigenvalue weighted by atomic mass is 10.1. The summed E-state index contributed by atoms with van der Waals surface area (Å²) in [5, 5.41) is 10.8. The predicted octanol–water partition coefficient (Wildman–Crippen LogP) is 1.25. The molecule has 0 saturated carbocycles. The number of sulfonamides is 1. The van der Waals surface area contributed by atoms with Crippen molar-refractivity contribution in [1.29, 1.82) is 0 Å². The number of hydrogen-bond acceptors (Lipinski definition) is 5. The number of nitrogens with two attached hydrogens (primary N) is 2. The third-order valence-corrected chi connectivity index (χ3v) is 6.46. The molecule has 33 heavy (non-hydrogen) atoms. The highest BCUT2D eigenvalue weighted by Crippen LogP contribution is 2.20. The fraction of sp³-hybridized carbons (Fsp3) is 0.409. The lowest BCUT2D eigenvalue weighted by molar-refractivity contribution is -0.145. The smallest absolute Gasteiger partial charge is 0.323 e. The maximum atomic E-state index is 13.2. The minimum atomic E-state index is -4.06. The third-order valence-electron chi connectivity index (χ3n) is 4.99. The summed E-state index contributed by atoms with van der Waals surface area (Å²) < 4.78 is 28.7. The van der Waals surface area contributed by atoms with E-state index in [1.165, 1.54) is 17.0 Å². The standard InChI is InChI=1S/C22H31N5O5S/c1-2-3-13-27(15-20(28)29)21(30)19(9-6-12-25-22(23)24)26-33(31,32)18-11-10-16-7-4-5-8-17(16)14-18/h4-5,7-8,10-11,14,19,26H,2-3,6,9,12-13,15H2,1H3,(H,28,29)(H4,23,24,25). The van der Waals surface area contributed by atoms with Crippen molar-refractivity contribution in [3.63, 3.8) is 0 Å². The molecule has 1 amide bonds. The van der Waals surface area contributed by atoms with Crippen molar-refractivity contribution in [2.75, 3.05) is 19.6 Å². The number of unbranched alkanes of at least 4 members (excludes halogenated alkanes) is 1. The number of carboxylic acids is 1. The van der Waals surface area contributed by atoms with Crippen LogP contribution in [0.1, 0.15) is 32.6 Å². The van der Waals surface area contributed by atoms with Gasteiger partial charge in [-0.1, -0.05) is 43.7 Å². The number of benzene rings is 2. The number of carbonyl (C=O) groups excluding carboxylic acids is 1. The van der Waals surface area contributed by atoms with E-state index in [1.807, 2.05) is 19.1 Å². The first-order valence-electron chi connectivity index (χ1n) is 10.7. The highest BCUT2D eigenvalue weighted by molar-refractivity contribution is 7.89. The van der Waals surface area contributed by atoms with Gasteiger partial charge in [-0.05, 0) is 42.2 Å². The van der Waals surface area contributed by atoms with E-state index in [4.69, 9.17) is 11.5 Å². The molecule has 0 aliphatic heterocycles. The average molecular weight is 478 g/mol. The largest absolute Gasteiger partial charge is 0.480 e. The van der Waals surface area contributed by atoms with Crippen molar-refractivity contribution in [3.8, 4) is 0 Å². The Hall–Kier alpha value is -3.18. The lowest BCUT2D eigenvalue weighted by Crippen LogP contribution is -2.50. The Morgan fingerprint density at radius 2 is 1.82 bits per heavy atom. The number of rotatable bonds is 13. The number of carboxylic acid groups (broad SMARTS) is 1. The molecule has 10 nitrogen and oxygen atoms in total. The molecule has 0 radical (unpaired) electrons. The number of amides is 1. The number of aliphatic carboxylic acids is 1. The van der Waals surface area contributed by atoms with Gasteiger partial charge in [0.25, 0.3) is 0 Å². The second-order valence-corrected chi connectivity index (χ2v) is 9.35. The summed E-state index contributed by atoms with van der Waals surface area (Å²) in [7, 11) is -4.06. The monoisotopic (exact) mass is 477 g/mol. The molecule has 0 aromatic heterocycles. The molecule has 2 rings (SSSR count). The van der Waals surface area contributed by atoms with Crippen molar-refractivity contribution >= 4 is 38.6 Å². The Morgan fingerprint density at radius 1 is 1.12 bits per heavy atom. The Bertz CT molecular complexity index is 1100. The van der Waals surface area contributed by atoms with Gasteiger partial charge in [0.1, 0.15) is 12.6 Å². The molecule has 2 aromatic carbocycles. The molecule has 180 valence electrons. The van der Waals surface area contributed by atoms with Gasteiger partial charge in [0, 0.05) is 13.1 Å². The molecular formula is C22H31N5O5S. The maximum absolute atomic E-state index is 13.2. The minimum Gasteiger partial charge on any atom is -0.480 e. The molecule has 0 saturated heterocycles. The maximum Gasteiger partial charge on any atom is 0.323 e. The zero-order valence-electron chi connectivity index (χ0n) is 18.6. The normalized spacial score (nSPS) is 12.3. The minimum absolute atomic E-state index is 0.0153. The van der Waals surface area contributed by atoms with Gasteiger partial charge in [-0.15, -0.1) is 0 Å². The molecule has 11 heteroatoms. The molecule has 0 heterocycles. The van der Waals surface area contributed by atoms with E-state index in [-0.39, 0.29) is 30.4 Å². The summed E-state index contributed by atoms with van der Waals surface area (Å²) in [4.78, 5) is 29.5. The van der Waals surface area contributed by atoms with Crippen LogP contribution in [0.5, 0.6) is 0 Å². The van der Waals surface area contributed by atoms with Gasteiger partial charge in [0.2, 0.25) is 15.9 Å². The first-order chi connectivity index (χ1) is 15.6. The van der Waals surface area contributed by atoms with Gasteiger partial charge in [-0.2, -0.15) is 4.72 Å². The molecule has 0 fully saturated rings. The number of nitrogens with one attached hydrogen (secondary N) is 1. The number of nitrogens with zero attached hydrogens (tertiary/aromatic N) is 2. The SMILES string of the molecule is CCCCN(CC(=O)O)C(=O)C(CCCN=C(N)N)NS(=O)(=O)c1ccc2ccccc2c1. The summed E-state index contributed by atoms with van der Waals surface area (Å²) in [6.45, 7) is 1.82. The van der Waals surface area contributed by atoms with E-state index in [1.54, 1.807) is 18.2 Å². The number of carbonyl (C=O) groups is 2. The summed E-state index contributed by atoms with van der Waals surface area (Å²) in [5.41, 5.74) is 10.7. The number of aliphatic imine (C=N–C) groups is 1. The number of guanidine groups is 1. The van der Waals surface area contributed by atoms with Gasteiger partial charge in [-0.3, -0.25) is 14.6 Å². The zero-order chi connectivity index (χ0) is 24.4. The van der Waals surface area contributed by atoms with Crippen LogP contribution in [0, 0.1) is 0 Å². The van der Waals surface area contributed by atoms with Gasteiger partial charge in [0.15, 0.2) is 5.96 Å². The third kappa shape index (κ3) is 8.03. The highest BCUT2D eigenvalue weighted by atomic mass is 32.2. The molecule has 0 bridgehead atoms. The predicted molar refractivity (Wildman–Crippen MR) is 127 cm³/mol. The van der Waals surface area contributed by atoms with E-state index in [2.05, 4.69) is 9.71 Å². The molecule has 0 aliphatic carbocycles. The van der Waals surface area contributed by atoms with Crippen LogP contribution in [-0.2, 0) is 19.6 Å². The summed E-state index contributed by atoms with van der Waals surface area (Å²) >= 11 is 0. The number of hydrogen-bond donors (Lipinski definition) is 4. The summed E-state index contributed by atoms with van der Waals surface area (Å²) in [6, 6.07) is 10.9. The van der Waals surface area contributed by atoms with Crippen LogP contribution in [0.15, 0.2) is 52.4 Å². The van der Waals surface area contributed by atoms with Crippen molar-refractivity contribution in [2.45, 2.75) is 43.5 Å². The topological polar surface area (TPSA) is 168 Å². The molecular weight excluding hydrogens is 446 g/mol. The first-order valence-corrected chi connectivity index (χ1v) is 12.2. The van der Waals surface area contributed by atoms with Crippen molar-refractivity contribution < 1.29 is 23.1 Å². The highest BCUT2D eigenvalue weighted by Gasteiger charge is 2.30. The van der Waals surface area contributed by atoms with Crippen molar-refractivity contribution in [1.82, 2.24) is 9.62 Å². The lowest BCUT2D eigenvalue weighted by Gasteiger charge is -2.26. The Balaban J connectivity index is 2.30. The molecule has 1 atom stereocenters. The quantitative estimate of drug-likeness (QED) is 0.191.